The summed E-state index contributed by atoms with van der Waals surface area (Å²) in [5.74, 6) is 0.868. The van der Waals surface area contributed by atoms with Crippen LogP contribution in [0.4, 0.5) is 0 Å². The summed E-state index contributed by atoms with van der Waals surface area (Å²) in [5.41, 5.74) is 6.14. The van der Waals surface area contributed by atoms with Crippen molar-refractivity contribution < 1.29 is 0 Å². The molecule has 0 amide bonds. The summed E-state index contributed by atoms with van der Waals surface area (Å²) in [6.07, 6.45) is 6.89. The number of hydrogen-bond donors (Lipinski definition) is 1. The molecule has 2 N–H and O–H groups in total. The number of nitrogens with two attached hydrogens (primary N) is 1. The highest BCUT2D eigenvalue weighted by Gasteiger charge is 2.32. The minimum atomic E-state index is 0.487. The maximum absolute atomic E-state index is 6.14. The molecule has 1 heterocycles. The van der Waals surface area contributed by atoms with Gasteiger partial charge in [-0.05, 0) is 44.6 Å². The molecule has 0 spiro atoms. The number of piperazine rings is 1. The molecule has 0 aromatic heterocycles. The van der Waals surface area contributed by atoms with Gasteiger partial charge in [0.15, 0.2) is 0 Å². The molecule has 0 aromatic carbocycles. The summed E-state index contributed by atoms with van der Waals surface area (Å²) < 4.78 is 0. The lowest BCUT2D eigenvalue weighted by atomic mass is 10.1. The lowest BCUT2D eigenvalue weighted by Gasteiger charge is -2.35. The van der Waals surface area contributed by atoms with Crippen molar-refractivity contribution in [1.29, 1.82) is 0 Å². The molecule has 0 bridgehead atoms. The minimum Gasteiger partial charge on any atom is -0.327 e. The summed E-state index contributed by atoms with van der Waals surface area (Å²) in [7, 11) is 0. The van der Waals surface area contributed by atoms with Crippen molar-refractivity contribution in [2.45, 2.75) is 44.2 Å². The third-order valence-electron chi connectivity index (χ3n) is 4.48. The lowest BCUT2D eigenvalue weighted by Crippen LogP contribution is -2.48. The molecule has 1 saturated heterocycles. The van der Waals surface area contributed by atoms with Crippen LogP contribution >= 0.6 is 0 Å². The van der Waals surface area contributed by atoms with Gasteiger partial charge in [0.1, 0.15) is 0 Å². The van der Waals surface area contributed by atoms with Crippen LogP contribution in [0.15, 0.2) is 0 Å². The summed E-state index contributed by atoms with van der Waals surface area (Å²) in [4.78, 5) is 5.29. The molecule has 3 fully saturated rings. The van der Waals surface area contributed by atoms with E-state index in [1.54, 1.807) is 0 Å². The maximum atomic E-state index is 6.14. The average Bonchev–Trinajstić information content (AvgIpc) is 3.20. The second-order valence-electron chi connectivity index (χ2n) is 5.90. The average molecular weight is 223 g/mol. The number of hydrogen-bond acceptors (Lipinski definition) is 3. The van der Waals surface area contributed by atoms with Gasteiger partial charge in [0, 0.05) is 38.3 Å². The van der Waals surface area contributed by atoms with Crippen molar-refractivity contribution in [1.82, 2.24) is 9.80 Å². The van der Waals surface area contributed by atoms with Crippen molar-refractivity contribution in [3.8, 4) is 0 Å². The van der Waals surface area contributed by atoms with Crippen molar-refractivity contribution >= 4 is 0 Å². The highest BCUT2D eigenvalue weighted by Crippen LogP contribution is 2.33. The van der Waals surface area contributed by atoms with Crippen LogP contribution in [0.5, 0.6) is 0 Å². The van der Waals surface area contributed by atoms with E-state index in [1.165, 1.54) is 64.8 Å². The standard InChI is InChI=1S/C13H25N3/c14-13(11-1-2-11)5-6-15-7-9-16(10-8-15)12-3-4-12/h11-13H,1-10,14H2. The fourth-order valence-corrected chi connectivity index (χ4v) is 2.88. The van der Waals surface area contributed by atoms with Gasteiger partial charge in [0.25, 0.3) is 0 Å². The molecule has 92 valence electrons. The quantitative estimate of drug-likeness (QED) is 0.751. The maximum Gasteiger partial charge on any atom is 0.0113 e. The summed E-state index contributed by atoms with van der Waals surface area (Å²) in [5, 5.41) is 0. The fraction of sp³-hybridized carbons (Fsp3) is 1.00. The smallest absolute Gasteiger partial charge is 0.0113 e. The molecule has 16 heavy (non-hydrogen) atoms. The van der Waals surface area contributed by atoms with Crippen LogP contribution in [0.1, 0.15) is 32.1 Å². The van der Waals surface area contributed by atoms with Gasteiger partial charge in [-0.1, -0.05) is 0 Å². The minimum absolute atomic E-state index is 0.487. The van der Waals surface area contributed by atoms with E-state index in [1.807, 2.05) is 0 Å². The van der Waals surface area contributed by atoms with E-state index >= 15 is 0 Å². The van der Waals surface area contributed by atoms with Crippen molar-refractivity contribution in [2.24, 2.45) is 11.7 Å². The zero-order valence-corrected chi connectivity index (χ0v) is 10.3. The van der Waals surface area contributed by atoms with Crippen LogP contribution < -0.4 is 5.73 Å². The predicted molar refractivity (Wildman–Crippen MR) is 66.4 cm³/mol. The lowest BCUT2D eigenvalue weighted by molar-refractivity contribution is 0.123. The molecule has 0 aromatic rings. The molecule has 3 aliphatic rings. The normalized spacial score (nSPS) is 30.6. The third kappa shape index (κ3) is 2.76. The summed E-state index contributed by atoms with van der Waals surface area (Å²) in [6.45, 7) is 6.37. The van der Waals surface area contributed by atoms with Gasteiger partial charge >= 0.3 is 0 Å². The van der Waals surface area contributed by atoms with Gasteiger partial charge < -0.3 is 10.6 Å². The largest absolute Gasteiger partial charge is 0.327 e. The van der Waals surface area contributed by atoms with Gasteiger partial charge in [0.05, 0.1) is 0 Å². The Morgan fingerprint density at radius 2 is 1.69 bits per heavy atom. The second-order valence-corrected chi connectivity index (χ2v) is 5.90. The van der Waals surface area contributed by atoms with Crippen LogP contribution in [0.3, 0.4) is 0 Å². The van der Waals surface area contributed by atoms with E-state index in [9.17, 15) is 0 Å². The van der Waals surface area contributed by atoms with E-state index in [0.717, 1.165) is 12.0 Å². The summed E-state index contributed by atoms with van der Waals surface area (Å²) >= 11 is 0. The Labute approximate surface area is 99.0 Å². The SMILES string of the molecule is NC(CCN1CCN(C2CC2)CC1)C1CC1. The molecule has 1 atom stereocenters. The first-order valence-electron chi connectivity index (χ1n) is 7.05. The Morgan fingerprint density at radius 3 is 2.25 bits per heavy atom. The number of nitrogens with zero attached hydrogens (tertiary/aromatic N) is 2. The Bertz CT molecular complexity index is 227. The molecule has 2 aliphatic carbocycles. The molecule has 0 radical (unpaired) electrons. The van der Waals surface area contributed by atoms with E-state index in [4.69, 9.17) is 5.73 Å². The van der Waals surface area contributed by atoms with Crippen LogP contribution in [0, 0.1) is 5.92 Å². The first-order valence-corrected chi connectivity index (χ1v) is 7.05. The molecule has 3 heteroatoms. The summed E-state index contributed by atoms with van der Waals surface area (Å²) in [6, 6.07) is 1.44. The van der Waals surface area contributed by atoms with Crippen molar-refractivity contribution in [3.05, 3.63) is 0 Å². The topological polar surface area (TPSA) is 32.5 Å². The highest BCUT2D eigenvalue weighted by atomic mass is 15.3. The van der Waals surface area contributed by atoms with E-state index in [2.05, 4.69) is 9.80 Å². The zero-order valence-electron chi connectivity index (χ0n) is 10.3. The molecule has 2 saturated carbocycles. The Balaban J connectivity index is 1.33. The molecular weight excluding hydrogens is 198 g/mol. The second kappa shape index (κ2) is 4.63. The Hall–Kier alpha value is -0.120. The van der Waals surface area contributed by atoms with Gasteiger partial charge in [-0.25, -0.2) is 0 Å². The third-order valence-corrected chi connectivity index (χ3v) is 4.48. The van der Waals surface area contributed by atoms with Crippen LogP contribution in [0.2, 0.25) is 0 Å². The molecule has 3 nitrogen and oxygen atoms in total. The van der Waals surface area contributed by atoms with Gasteiger partial charge in [-0.3, -0.25) is 4.90 Å². The van der Waals surface area contributed by atoms with Crippen molar-refractivity contribution in [3.63, 3.8) is 0 Å². The van der Waals surface area contributed by atoms with Crippen LogP contribution in [-0.2, 0) is 0 Å². The van der Waals surface area contributed by atoms with Gasteiger partial charge in [0.2, 0.25) is 0 Å². The van der Waals surface area contributed by atoms with E-state index < -0.39 is 0 Å². The van der Waals surface area contributed by atoms with Gasteiger partial charge in [-0.2, -0.15) is 0 Å². The van der Waals surface area contributed by atoms with E-state index in [-0.39, 0.29) is 0 Å². The first-order chi connectivity index (χ1) is 7.83. The molecular formula is C13H25N3. The monoisotopic (exact) mass is 223 g/mol. The number of rotatable bonds is 5. The molecule has 1 aliphatic heterocycles. The molecule has 3 rings (SSSR count). The van der Waals surface area contributed by atoms with Crippen LogP contribution in [-0.4, -0.2) is 54.6 Å². The van der Waals surface area contributed by atoms with E-state index in [0.29, 0.717) is 6.04 Å². The van der Waals surface area contributed by atoms with Gasteiger partial charge in [-0.15, -0.1) is 0 Å². The zero-order chi connectivity index (χ0) is 11.0. The highest BCUT2D eigenvalue weighted by molar-refractivity contribution is 4.88. The molecule has 1 unspecified atom stereocenters. The predicted octanol–water partition coefficient (Wildman–Crippen LogP) is 0.894. The van der Waals surface area contributed by atoms with Crippen molar-refractivity contribution in [2.75, 3.05) is 32.7 Å². The Kier molecular flexibility index (Phi) is 3.18. The first kappa shape index (κ1) is 11.0. The fourth-order valence-electron chi connectivity index (χ4n) is 2.88. The van der Waals surface area contributed by atoms with Crippen LogP contribution in [0.25, 0.3) is 0 Å². The Morgan fingerprint density at radius 1 is 1.00 bits per heavy atom.